The third kappa shape index (κ3) is 1.21. The average molecular weight is 180 g/mol. The van der Waals surface area contributed by atoms with Crippen LogP contribution < -0.4 is 5.73 Å². The van der Waals surface area contributed by atoms with Gasteiger partial charge in [-0.3, -0.25) is 9.58 Å². The number of nitrogens with two attached hydrogens (primary N) is 1. The normalized spacial score (nSPS) is 16.9. The van der Waals surface area contributed by atoms with E-state index in [1.165, 1.54) is 5.56 Å². The van der Waals surface area contributed by atoms with E-state index in [9.17, 15) is 0 Å². The molecule has 0 aliphatic carbocycles. The third-order valence-corrected chi connectivity index (χ3v) is 2.72. The van der Waals surface area contributed by atoms with Gasteiger partial charge in [0, 0.05) is 31.7 Å². The number of nitrogens with zero attached hydrogens (tertiary/aromatic N) is 3. The Balaban J connectivity index is 2.28. The van der Waals surface area contributed by atoms with Crippen LogP contribution in [0.2, 0.25) is 0 Å². The molecule has 2 heterocycles. The lowest BCUT2D eigenvalue weighted by molar-refractivity contribution is 0.224. The zero-order valence-electron chi connectivity index (χ0n) is 8.41. The Morgan fingerprint density at radius 1 is 1.38 bits per heavy atom. The van der Waals surface area contributed by atoms with Gasteiger partial charge in [0.1, 0.15) is 5.82 Å². The second-order valence-electron chi connectivity index (χ2n) is 3.93. The number of hydrogen-bond acceptors (Lipinski definition) is 3. The topological polar surface area (TPSA) is 47.1 Å². The monoisotopic (exact) mass is 180 g/mol. The molecule has 0 bridgehead atoms. The van der Waals surface area contributed by atoms with Gasteiger partial charge in [-0.2, -0.15) is 5.10 Å². The summed E-state index contributed by atoms with van der Waals surface area (Å²) < 4.78 is 1.77. The molecule has 0 fully saturated rings. The molecule has 4 nitrogen and oxygen atoms in total. The molecule has 0 saturated carbocycles. The standard InChI is InChI=1S/C9H16N4/c1-6(2)13-4-7-8(5-13)11-12(3)9(7)10/h6H,4-5,10H2,1-3H3. The fraction of sp³-hybridized carbons (Fsp3) is 0.667. The first-order valence-electron chi connectivity index (χ1n) is 4.64. The van der Waals surface area contributed by atoms with Crippen LogP contribution in [0.25, 0.3) is 0 Å². The fourth-order valence-electron chi connectivity index (χ4n) is 1.75. The minimum absolute atomic E-state index is 0.568. The number of nitrogen functional groups attached to an aromatic ring is 1. The van der Waals surface area contributed by atoms with Gasteiger partial charge in [-0.25, -0.2) is 0 Å². The molecule has 4 heteroatoms. The van der Waals surface area contributed by atoms with Gasteiger partial charge < -0.3 is 5.73 Å². The Morgan fingerprint density at radius 2 is 2.08 bits per heavy atom. The van der Waals surface area contributed by atoms with Crippen molar-refractivity contribution in [3.8, 4) is 0 Å². The van der Waals surface area contributed by atoms with E-state index in [4.69, 9.17) is 5.73 Å². The van der Waals surface area contributed by atoms with Crippen molar-refractivity contribution in [2.75, 3.05) is 5.73 Å². The van der Waals surface area contributed by atoms with E-state index >= 15 is 0 Å². The van der Waals surface area contributed by atoms with Crippen molar-refractivity contribution in [1.29, 1.82) is 0 Å². The van der Waals surface area contributed by atoms with E-state index in [1.54, 1.807) is 4.68 Å². The quantitative estimate of drug-likeness (QED) is 0.693. The molecule has 1 aliphatic rings. The van der Waals surface area contributed by atoms with E-state index in [2.05, 4.69) is 23.8 Å². The molecule has 13 heavy (non-hydrogen) atoms. The lowest BCUT2D eigenvalue weighted by Gasteiger charge is -2.19. The second-order valence-corrected chi connectivity index (χ2v) is 3.93. The Bertz CT molecular complexity index is 327. The zero-order chi connectivity index (χ0) is 9.59. The molecule has 72 valence electrons. The number of anilines is 1. The first-order valence-corrected chi connectivity index (χ1v) is 4.64. The largest absolute Gasteiger partial charge is 0.384 e. The Labute approximate surface area is 78.3 Å². The highest BCUT2D eigenvalue weighted by Crippen LogP contribution is 2.27. The minimum Gasteiger partial charge on any atom is -0.384 e. The van der Waals surface area contributed by atoms with Crippen molar-refractivity contribution in [1.82, 2.24) is 14.7 Å². The molecule has 2 N–H and O–H groups in total. The van der Waals surface area contributed by atoms with Crippen molar-refractivity contribution >= 4 is 5.82 Å². The molecule has 0 spiro atoms. The molecule has 0 amide bonds. The number of hydrogen-bond donors (Lipinski definition) is 1. The lowest BCUT2D eigenvalue weighted by atomic mass is 10.3. The summed E-state index contributed by atoms with van der Waals surface area (Å²) in [6.07, 6.45) is 0. The summed E-state index contributed by atoms with van der Waals surface area (Å²) >= 11 is 0. The first-order chi connectivity index (χ1) is 6.09. The third-order valence-electron chi connectivity index (χ3n) is 2.72. The number of fused-ring (bicyclic) bond motifs is 1. The highest BCUT2D eigenvalue weighted by Gasteiger charge is 2.26. The smallest absolute Gasteiger partial charge is 0.126 e. The molecule has 1 aromatic rings. The van der Waals surface area contributed by atoms with Crippen molar-refractivity contribution in [3.63, 3.8) is 0 Å². The molecule has 0 aromatic carbocycles. The lowest BCUT2D eigenvalue weighted by Crippen LogP contribution is -2.25. The SMILES string of the molecule is CC(C)N1Cc2nn(C)c(N)c2C1. The molecular weight excluding hydrogens is 164 g/mol. The van der Waals surface area contributed by atoms with Crippen LogP contribution in [0.3, 0.4) is 0 Å². The zero-order valence-corrected chi connectivity index (χ0v) is 8.41. The number of aryl methyl sites for hydroxylation is 1. The molecule has 0 radical (unpaired) electrons. The van der Waals surface area contributed by atoms with Crippen LogP contribution in [-0.4, -0.2) is 20.7 Å². The van der Waals surface area contributed by atoms with Gasteiger partial charge in [0.25, 0.3) is 0 Å². The van der Waals surface area contributed by atoms with Crippen molar-refractivity contribution < 1.29 is 0 Å². The molecule has 1 aromatic heterocycles. The van der Waals surface area contributed by atoms with E-state index in [0.29, 0.717) is 6.04 Å². The maximum absolute atomic E-state index is 5.89. The maximum Gasteiger partial charge on any atom is 0.126 e. The summed E-state index contributed by atoms with van der Waals surface area (Å²) in [4.78, 5) is 2.37. The van der Waals surface area contributed by atoms with Crippen LogP contribution in [0.15, 0.2) is 0 Å². The predicted molar refractivity (Wildman–Crippen MR) is 52.0 cm³/mol. The summed E-state index contributed by atoms with van der Waals surface area (Å²) in [6.45, 7) is 6.29. The van der Waals surface area contributed by atoms with Gasteiger partial charge in [-0.05, 0) is 13.8 Å². The highest BCUT2D eigenvalue weighted by molar-refractivity contribution is 5.45. The van der Waals surface area contributed by atoms with Crippen molar-refractivity contribution in [3.05, 3.63) is 11.3 Å². The molecule has 1 aliphatic heterocycles. The van der Waals surface area contributed by atoms with Crippen LogP contribution in [0, 0.1) is 0 Å². The van der Waals surface area contributed by atoms with Crippen LogP contribution in [0.5, 0.6) is 0 Å². The van der Waals surface area contributed by atoms with E-state index in [1.807, 2.05) is 7.05 Å². The summed E-state index contributed by atoms with van der Waals surface area (Å²) in [7, 11) is 1.90. The molecule has 0 atom stereocenters. The maximum atomic E-state index is 5.89. The van der Waals surface area contributed by atoms with Gasteiger partial charge in [0.05, 0.1) is 5.69 Å². The number of aromatic nitrogens is 2. The van der Waals surface area contributed by atoms with Gasteiger partial charge >= 0.3 is 0 Å². The van der Waals surface area contributed by atoms with Crippen LogP contribution in [0.4, 0.5) is 5.82 Å². The summed E-state index contributed by atoms with van der Waals surface area (Å²) in [5.74, 6) is 0.818. The Kier molecular flexibility index (Phi) is 1.80. The summed E-state index contributed by atoms with van der Waals surface area (Å²) in [6, 6.07) is 0.568. The Hall–Kier alpha value is -1.03. The van der Waals surface area contributed by atoms with Crippen molar-refractivity contribution in [2.24, 2.45) is 7.05 Å². The molecule has 2 rings (SSSR count). The molecule has 0 unspecified atom stereocenters. The van der Waals surface area contributed by atoms with Gasteiger partial charge in [-0.1, -0.05) is 0 Å². The van der Waals surface area contributed by atoms with E-state index < -0.39 is 0 Å². The van der Waals surface area contributed by atoms with E-state index in [0.717, 1.165) is 24.6 Å². The first kappa shape index (κ1) is 8.56. The summed E-state index contributed by atoms with van der Waals surface area (Å²) in [5, 5.41) is 4.37. The Morgan fingerprint density at radius 3 is 2.62 bits per heavy atom. The van der Waals surface area contributed by atoms with Gasteiger partial charge in [-0.15, -0.1) is 0 Å². The number of rotatable bonds is 1. The van der Waals surface area contributed by atoms with Crippen molar-refractivity contribution in [2.45, 2.75) is 33.0 Å². The van der Waals surface area contributed by atoms with Gasteiger partial charge in [0.15, 0.2) is 0 Å². The second kappa shape index (κ2) is 2.73. The van der Waals surface area contributed by atoms with Gasteiger partial charge in [0.2, 0.25) is 0 Å². The molecular formula is C9H16N4. The van der Waals surface area contributed by atoms with E-state index in [-0.39, 0.29) is 0 Å². The molecule has 0 saturated heterocycles. The predicted octanol–water partition coefficient (Wildman–Crippen LogP) is 0.726. The van der Waals surface area contributed by atoms with Crippen LogP contribution in [-0.2, 0) is 20.1 Å². The highest BCUT2D eigenvalue weighted by atomic mass is 15.3. The summed E-state index contributed by atoms with van der Waals surface area (Å²) in [5.41, 5.74) is 8.26. The average Bonchev–Trinajstić information content (AvgIpc) is 2.55. The fourth-order valence-corrected chi connectivity index (χ4v) is 1.75. The van der Waals surface area contributed by atoms with Crippen LogP contribution >= 0.6 is 0 Å². The van der Waals surface area contributed by atoms with Crippen LogP contribution in [0.1, 0.15) is 25.1 Å². The minimum atomic E-state index is 0.568.